The first-order chi connectivity index (χ1) is 8.81. The van der Waals surface area contributed by atoms with Crippen LogP contribution in [0, 0.1) is 19.8 Å². The van der Waals surface area contributed by atoms with E-state index in [1.54, 1.807) is 14.0 Å². The maximum absolute atomic E-state index is 12.1. The normalized spacial score (nSPS) is 14.7. The van der Waals surface area contributed by atoms with Gasteiger partial charge in [-0.2, -0.15) is 0 Å². The number of halogens is 1. The van der Waals surface area contributed by atoms with Crippen molar-refractivity contribution < 1.29 is 9.53 Å². The number of carbonyl (C=O) groups is 1. The van der Waals surface area contributed by atoms with Crippen molar-refractivity contribution in [3.8, 4) is 0 Å². The van der Waals surface area contributed by atoms with Gasteiger partial charge < -0.3 is 9.30 Å². The molecule has 1 rings (SSSR count). The van der Waals surface area contributed by atoms with E-state index in [4.69, 9.17) is 16.3 Å². The number of hydrogen-bond acceptors (Lipinski definition) is 2. The molecule has 0 radical (unpaired) electrons. The van der Waals surface area contributed by atoms with Crippen LogP contribution in [0.25, 0.3) is 0 Å². The van der Waals surface area contributed by atoms with Gasteiger partial charge in [-0.25, -0.2) is 0 Å². The maximum Gasteiger partial charge on any atom is 0.182 e. The Morgan fingerprint density at radius 2 is 1.95 bits per heavy atom. The summed E-state index contributed by atoms with van der Waals surface area (Å²) in [5.74, 6) is 0.419. The summed E-state index contributed by atoms with van der Waals surface area (Å²) in [6.45, 7) is 10.7. The maximum atomic E-state index is 12.1. The minimum Gasteiger partial charge on any atom is -0.383 e. The Bertz CT molecular complexity index is 449. The van der Waals surface area contributed by atoms with E-state index >= 15 is 0 Å². The molecule has 0 spiro atoms. The lowest BCUT2D eigenvalue weighted by atomic mass is 10.0. The minimum absolute atomic E-state index is 0.0130. The average Bonchev–Trinajstić information content (AvgIpc) is 2.61. The molecule has 0 aliphatic carbocycles. The second-order valence-electron chi connectivity index (χ2n) is 5.40. The summed E-state index contributed by atoms with van der Waals surface area (Å²) in [6, 6.07) is 2.17. The van der Waals surface area contributed by atoms with E-state index in [-0.39, 0.29) is 11.8 Å². The Morgan fingerprint density at radius 1 is 1.37 bits per heavy atom. The molecule has 1 aromatic rings. The van der Waals surface area contributed by atoms with Crippen LogP contribution in [0.3, 0.4) is 0 Å². The largest absolute Gasteiger partial charge is 0.383 e. The summed E-state index contributed by atoms with van der Waals surface area (Å²) in [7, 11) is 1.70. The molecular weight excluding hydrogens is 262 g/mol. The van der Waals surface area contributed by atoms with Gasteiger partial charge in [0.25, 0.3) is 0 Å². The van der Waals surface area contributed by atoms with Crippen molar-refractivity contribution in [1.82, 2.24) is 4.57 Å². The summed E-state index contributed by atoms with van der Waals surface area (Å²) >= 11 is 5.92. The standard InChI is InChI=1S/C15H24ClNO2/c1-9(2)14(8-19-6)17-10(3)7-13(12(17)5)15(18)11(4)16/h7,9,11,14H,8H2,1-6H3. The zero-order valence-electron chi connectivity index (χ0n) is 12.7. The van der Waals surface area contributed by atoms with Crippen LogP contribution in [0.5, 0.6) is 0 Å². The highest BCUT2D eigenvalue weighted by molar-refractivity contribution is 6.33. The molecule has 19 heavy (non-hydrogen) atoms. The lowest BCUT2D eigenvalue weighted by Crippen LogP contribution is -2.23. The van der Waals surface area contributed by atoms with Crippen LogP contribution in [0.4, 0.5) is 0 Å². The van der Waals surface area contributed by atoms with E-state index in [0.717, 1.165) is 17.0 Å². The molecular formula is C15H24ClNO2. The monoisotopic (exact) mass is 285 g/mol. The zero-order chi connectivity index (χ0) is 14.7. The highest BCUT2D eigenvalue weighted by atomic mass is 35.5. The summed E-state index contributed by atoms with van der Waals surface area (Å²) in [5.41, 5.74) is 2.78. The van der Waals surface area contributed by atoms with Crippen LogP contribution in [-0.2, 0) is 4.74 Å². The van der Waals surface area contributed by atoms with Gasteiger partial charge in [-0.15, -0.1) is 11.6 Å². The summed E-state index contributed by atoms with van der Waals surface area (Å²) < 4.78 is 7.51. The number of hydrogen-bond donors (Lipinski definition) is 0. The van der Waals surface area contributed by atoms with E-state index in [9.17, 15) is 4.79 Å². The molecule has 0 saturated carbocycles. The van der Waals surface area contributed by atoms with Crippen molar-refractivity contribution in [2.75, 3.05) is 13.7 Å². The molecule has 2 unspecified atom stereocenters. The quantitative estimate of drug-likeness (QED) is 0.589. The summed E-state index contributed by atoms with van der Waals surface area (Å²) in [6.07, 6.45) is 0. The number of ether oxygens (including phenoxy) is 1. The van der Waals surface area contributed by atoms with E-state index in [1.807, 2.05) is 19.9 Å². The van der Waals surface area contributed by atoms with E-state index in [0.29, 0.717) is 12.5 Å². The molecule has 0 aliphatic heterocycles. The third-order valence-electron chi connectivity index (χ3n) is 3.55. The number of Topliss-reactive ketones (excluding diaryl/α,β-unsaturated/α-hetero) is 1. The van der Waals surface area contributed by atoms with Crippen LogP contribution >= 0.6 is 11.6 Å². The first kappa shape index (κ1) is 16.3. The fourth-order valence-corrected chi connectivity index (χ4v) is 2.60. The molecule has 0 aromatic carbocycles. The van der Waals surface area contributed by atoms with Crippen LogP contribution in [0.15, 0.2) is 6.07 Å². The number of methoxy groups -OCH3 is 1. The molecule has 0 N–H and O–H groups in total. The van der Waals surface area contributed by atoms with Gasteiger partial charge in [-0.3, -0.25) is 4.79 Å². The summed E-state index contributed by atoms with van der Waals surface area (Å²) in [5, 5.41) is -0.492. The van der Waals surface area contributed by atoms with Crippen LogP contribution in [0.2, 0.25) is 0 Å². The second-order valence-corrected chi connectivity index (χ2v) is 6.06. The second kappa shape index (κ2) is 6.58. The van der Waals surface area contributed by atoms with Crippen molar-refractivity contribution in [2.24, 2.45) is 5.92 Å². The Hall–Kier alpha value is -0.800. The number of aromatic nitrogens is 1. The zero-order valence-corrected chi connectivity index (χ0v) is 13.4. The van der Waals surface area contributed by atoms with Gasteiger partial charge in [-0.05, 0) is 32.8 Å². The molecule has 0 fully saturated rings. The highest BCUT2D eigenvalue weighted by Gasteiger charge is 2.24. The van der Waals surface area contributed by atoms with Gasteiger partial charge >= 0.3 is 0 Å². The van der Waals surface area contributed by atoms with Crippen molar-refractivity contribution in [2.45, 2.75) is 46.0 Å². The van der Waals surface area contributed by atoms with Crippen molar-refractivity contribution >= 4 is 17.4 Å². The molecule has 3 nitrogen and oxygen atoms in total. The lowest BCUT2D eigenvalue weighted by molar-refractivity contribution is 0.0989. The Labute approximate surface area is 120 Å². The fourth-order valence-electron chi connectivity index (χ4n) is 2.49. The Kier molecular flexibility index (Phi) is 5.63. The molecule has 0 amide bonds. The van der Waals surface area contributed by atoms with E-state index < -0.39 is 5.38 Å². The van der Waals surface area contributed by atoms with E-state index in [1.165, 1.54) is 0 Å². The van der Waals surface area contributed by atoms with Crippen molar-refractivity contribution in [3.63, 3.8) is 0 Å². The molecule has 0 bridgehead atoms. The smallest absolute Gasteiger partial charge is 0.182 e. The Morgan fingerprint density at radius 3 is 2.37 bits per heavy atom. The molecule has 0 aliphatic rings. The van der Waals surface area contributed by atoms with Crippen LogP contribution in [-0.4, -0.2) is 29.4 Å². The van der Waals surface area contributed by atoms with Gasteiger partial charge in [0, 0.05) is 24.1 Å². The molecule has 0 saturated heterocycles. The third kappa shape index (κ3) is 3.40. The van der Waals surface area contributed by atoms with Crippen LogP contribution < -0.4 is 0 Å². The molecule has 1 aromatic heterocycles. The third-order valence-corrected chi connectivity index (χ3v) is 3.75. The Balaban J connectivity index is 3.25. The number of rotatable bonds is 6. The minimum atomic E-state index is -0.492. The van der Waals surface area contributed by atoms with Crippen molar-refractivity contribution in [3.05, 3.63) is 23.0 Å². The van der Waals surface area contributed by atoms with Crippen LogP contribution in [0.1, 0.15) is 48.6 Å². The predicted molar refractivity (Wildman–Crippen MR) is 79.3 cm³/mol. The van der Waals surface area contributed by atoms with Crippen molar-refractivity contribution in [1.29, 1.82) is 0 Å². The average molecular weight is 286 g/mol. The summed E-state index contributed by atoms with van der Waals surface area (Å²) in [4.78, 5) is 12.1. The van der Waals surface area contributed by atoms with Gasteiger partial charge in [0.05, 0.1) is 18.0 Å². The number of nitrogens with zero attached hydrogens (tertiary/aromatic N) is 1. The lowest BCUT2D eigenvalue weighted by Gasteiger charge is -2.25. The first-order valence-electron chi connectivity index (χ1n) is 6.66. The first-order valence-corrected chi connectivity index (χ1v) is 7.10. The van der Waals surface area contributed by atoms with Gasteiger partial charge in [0.2, 0.25) is 0 Å². The van der Waals surface area contributed by atoms with E-state index in [2.05, 4.69) is 18.4 Å². The van der Waals surface area contributed by atoms with Gasteiger partial charge in [0.15, 0.2) is 5.78 Å². The highest BCUT2D eigenvalue weighted by Crippen LogP contribution is 2.27. The number of carbonyl (C=O) groups excluding carboxylic acids is 1. The predicted octanol–water partition coefficient (Wildman–Crippen LogP) is 3.76. The van der Waals surface area contributed by atoms with Gasteiger partial charge in [-0.1, -0.05) is 13.8 Å². The molecule has 4 heteroatoms. The molecule has 1 heterocycles. The number of ketones is 1. The molecule has 108 valence electrons. The van der Waals surface area contributed by atoms with Gasteiger partial charge in [0.1, 0.15) is 0 Å². The molecule has 2 atom stereocenters. The number of aryl methyl sites for hydroxylation is 1. The fraction of sp³-hybridized carbons (Fsp3) is 0.667. The topological polar surface area (TPSA) is 31.2 Å². The number of alkyl halides is 1. The SMILES string of the molecule is COCC(C(C)C)n1c(C)cc(C(=O)C(C)Cl)c1C.